The van der Waals surface area contributed by atoms with Gasteiger partial charge >= 0.3 is 0 Å². The third-order valence-corrected chi connectivity index (χ3v) is 5.17. The van der Waals surface area contributed by atoms with Crippen LogP contribution in [0.5, 0.6) is 0 Å². The summed E-state index contributed by atoms with van der Waals surface area (Å²) in [7, 11) is 0. The molecule has 0 amide bonds. The Balaban J connectivity index is 0. The van der Waals surface area contributed by atoms with Crippen LogP contribution in [0, 0.1) is 0 Å². The van der Waals surface area contributed by atoms with Gasteiger partial charge in [-0.15, -0.1) is 0 Å². The zero-order chi connectivity index (χ0) is 20.9. The third-order valence-electron chi connectivity index (χ3n) is 5.17. The average Bonchev–Trinajstić information content (AvgIpc) is 3.21. The van der Waals surface area contributed by atoms with Gasteiger partial charge in [-0.05, 0) is 53.6 Å². The molecule has 0 atom stereocenters. The highest BCUT2D eigenvalue weighted by Crippen LogP contribution is 2.09. The predicted octanol–water partition coefficient (Wildman–Crippen LogP) is 6.18. The van der Waals surface area contributed by atoms with Crippen molar-refractivity contribution in [2.75, 3.05) is 39.3 Å². The minimum Gasteiger partial charge on any atom is -0.314 e. The van der Waals surface area contributed by atoms with Gasteiger partial charge < -0.3 is 10.2 Å². The van der Waals surface area contributed by atoms with Crippen LogP contribution < -0.4 is 5.32 Å². The molecule has 0 saturated carbocycles. The highest BCUT2D eigenvalue weighted by Gasteiger charge is 2.13. The molecule has 2 heterocycles. The van der Waals surface area contributed by atoms with Gasteiger partial charge in [-0.25, -0.2) is 0 Å². The molecule has 0 bridgehead atoms. The molecule has 0 unspecified atom stereocenters. The van der Waals surface area contributed by atoms with Crippen LogP contribution in [0.1, 0.15) is 107 Å². The van der Waals surface area contributed by atoms with Crippen molar-refractivity contribution in [2.24, 2.45) is 0 Å². The summed E-state index contributed by atoms with van der Waals surface area (Å²) < 4.78 is 0. The maximum absolute atomic E-state index is 3.33. The van der Waals surface area contributed by atoms with E-state index in [1.807, 2.05) is 0 Å². The summed E-state index contributed by atoms with van der Waals surface area (Å²) in [5.41, 5.74) is 0. The van der Waals surface area contributed by atoms with Gasteiger partial charge in [0, 0.05) is 38.3 Å². The maximum atomic E-state index is 3.33. The van der Waals surface area contributed by atoms with Crippen molar-refractivity contribution < 1.29 is 0 Å². The predicted molar refractivity (Wildman–Crippen MR) is 126 cm³/mol. The number of nitrogens with zero attached hydrogens (tertiary/aromatic N) is 2. The normalized spacial score (nSPS) is 17.6. The molecule has 2 aliphatic heterocycles. The van der Waals surface area contributed by atoms with Gasteiger partial charge in [0.1, 0.15) is 0 Å². The summed E-state index contributed by atoms with van der Waals surface area (Å²) in [6, 6.07) is 1.50. The first-order valence-electron chi connectivity index (χ1n) is 12.1. The number of hydrogen-bond acceptors (Lipinski definition) is 3. The van der Waals surface area contributed by atoms with Crippen molar-refractivity contribution in [3.05, 3.63) is 0 Å². The van der Waals surface area contributed by atoms with E-state index in [4.69, 9.17) is 0 Å². The van der Waals surface area contributed by atoms with Gasteiger partial charge in [0.2, 0.25) is 0 Å². The summed E-state index contributed by atoms with van der Waals surface area (Å²) in [5.74, 6) is 0. The smallest absolute Gasteiger partial charge is 0.0110 e. The van der Waals surface area contributed by atoms with E-state index in [1.165, 1.54) is 77.5 Å². The zero-order valence-corrected chi connectivity index (χ0v) is 20.4. The zero-order valence-electron chi connectivity index (χ0n) is 20.4. The van der Waals surface area contributed by atoms with E-state index in [0.717, 1.165) is 25.2 Å². The topological polar surface area (TPSA) is 18.5 Å². The van der Waals surface area contributed by atoms with Crippen LogP contribution in [0.25, 0.3) is 0 Å². The van der Waals surface area contributed by atoms with Crippen LogP contribution in [-0.4, -0.2) is 61.2 Å². The molecule has 0 aliphatic carbocycles. The second-order valence-electron chi connectivity index (χ2n) is 8.42. The average molecular weight is 386 g/mol. The fraction of sp³-hybridized carbons (Fsp3) is 1.00. The number of nitrogens with one attached hydrogen (secondary N) is 1. The van der Waals surface area contributed by atoms with E-state index in [2.05, 4.69) is 70.5 Å². The lowest BCUT2D eigenvalue weighted by atomic mass is 10.3. The fourth-order valence-electron chi connectivity index (χ4n) is 3.16. The van der Waals surface area contributed by atoms with Crippen molar-refractivity contribution in [2.45, 2.75) is 119 Å². The molecule has 3 heteroatoms. The van der Waals surface area contributed by atoms with Gasteiger partial charge in [-0.1, -0.05) is 66.2 Å². The van der Waals surface area contributed by atoms with Crippen LogP contribution in [0.15, 0.2) is 0 Å². The van der Waals surface area contributed by atoms with E-state index >= 15 is 0 Å². The Morgan fingerprint density at radius 2 is 0.926 bits per heavy atom. The molecular weight excluding hydrogens is 330 g/mol. The van der Waals surface area contributed by atoms with Crippen molar-refractivity contribution in [1.29, 1.82) is 0 Å². The SMILES string of the molecule is CC(C)N1CCCC1.CC(C)N1CCNCC1.CCCCC.CCCCC. The number of likely N-dealkylation sites (tertiary alicyclic amines) is 1. The summed E-state index contributed by atoms with van der Waals surface area (Å²) in [6.45, 7) is 25.3. The molecule has 166 valence electrons. The molecule has 0 aromatic rings. The second kappa shape index (κ2) is 22.2. The standard InChI is InChI=1S/C7H16N2.C7H15N.2C5H12/c1-7(2)9-5-3-8-4-6-9;1-7(2)8-5-3-4-6-8;2*1-3-5-4-2/h7-8H,3-6H2,1-2H3;7H,3-6H2,1-2H3;2*3-5H2,1-2H3. The van der Waals surface area contributed by atoms with E-state index in [-0.39, 0.29) is 0 Å². The largest absolute Gasteiger partial charge is 0.314 e. The Kier molecular flexibility index (Phi) is 23.9. The van der Waals surface area contributed by atoms with Crippen molar-refractivity contribution in [1.82, 2.24) is 15.1 Å². The van der Waals surface area contributed by atoms with Gasteiger partial charge in [0.25, 0.3) is 0 Å². The summed E-state index contributed by atoms with van der Waals surface area (Å²) in [4.78, 5) is 5.02. The number of rotatable bonds is 6. The van der Waals surface area contributed by atoms with Crippen LogP contribution in [0.4, 0.5) is 0 Å². The van der Waals surface area contributed by atoms with Gasteiger partial charge in [0.05, 0.1) is 0 Å². The van der Waals surface area contributed by atoms with Crippen LogP contribution in [-0.2, 0) is 0 Å². The van der Waals surface area contributed by atoms with Gasteiger partial charge in [-0.3, -0.25) is 4.90 Å². The minimum absolute atomic E-state index is 0.729. The summed E-state index contributed by atoms with van der Waals surface area (Å²) in [5, 5.41) is 3.33. The van der Waals surface area contributed by atoms with E-state index in [0.29, 0.717) is 0 Å². The Labute approximate surface area is 173 Å². The first kappa shape index (κ1) is 29.1. The quantitative estimate of drug-likeness (QED) is 0.588. The molecule has 3 nitrogen and oxygen atoms in total. The van der Waals surface area contributed by atoms with Gasteiger partial charge in [-0.2, -0.15) is 0 Å². The highest BCUT2D eigenvalue weighted by molar-refractivity contribution is 4.70. The molecule has 0 spiro atoms. The third kappa shape index (κ3) is 20.4. The van der Waals surface area contributed by atoms with Crippen LogP contribution >= 0.6 is 0 Å². The number of unbranched alkanes of at least 4 members (excludes halogenated alkanes) is 4. The number of hydrogen-bond donors (Lipinski definition) is 1. The Morgan fingerprint density at radius 1 is 0.593 bits per heavy atom. The van der Waals surface area contributed by atoms with E-state index < -0.39 is 0 Å². The van der Waals surface area contributed by atoms with Crippen molar-refractivity contribution in [3.63, 3.8) is 0 Å². The first-order chi connectivity index (χ1) is 12.9. The van der Waals surface area contributed by atoms with Crippen LogP contribution in [0.3, 0.4) is 0 Å². The lowest BCUT2D eigenvalue weighted by Crippen LogP contribution is -2.46. The highest BCUT2D eigenvalue weighted by atomic mass is 15.2. The molecule has 2 saturated heterocycles. The molecule has 27 heavy (non-hydrogen) atoms. The second-order valence-corrected chi connectivity index (χ2v) is 8.42. The minimum atomic E-state index is 0.729. The number of piperazine rings is 1. The lowest BCUT2D eigenvalue weighted by Gasteiger charge is -2.30. The van der Waals surface area contributed by atoms with Crippen molar-refractivity contribution >= 4 is 0 Å². The Morgan fingerprint density at radius 3 is 1.11 bits per heavy atom. The molecular formula is C24H55N3. The summed E-state index contributed by atoms with van der Waals surface area (Å²) in [6.07, 6.45) is 11.0. The maximum Gasteiger partial charge on any atom is 0.0110 e. The molecule has 2 rings (SSSR count). The fourth-order valence-corrected chi connectivity index (χ4v) is 3.16. The van der Waals surface area contributed by atoms with Gasteiger partial charge in [0.15, 0.2) is 0 Å². The Hall–Kier alpha value is -0.120. The Bertz CT molecular complexity index is 244. The van der Waals surface area contributed by atoms with Crippen molar-refractivity contribution in [3.8, 4) is 0 Å². The van der Waals surface area contributed by atoms with E-state index in [1.54, 1.807) is 0 Å². The van der Waals surface area contributed by atoms with Crippen LogP contribution in [0.2, 0.25) is 0 Å². The molecule has 2 aliphatic rings. The molecule has 0 aromatic carbocycles. The molecule has 0 radical (unpaired) electrons. The monoisotopic (exact) mass is 385 g/mol. The lowest BCUT2D eigenvalue weighted by molar-refractivity contribution is 0.196. The first-order valence-corrected chi connectivity index (χ1v) is 12.1. The molecule has 2 fully saturated rings. The molecule has 0 aromatic heterocycles. The molecule has 1 N–H and O–H groups in total. The van der Waals surface area contributed by atoms with E-state index in [9.17, 15) is 0 Å². The summed E-state index contributed by atoms with van der Waals surface area (Å²) >= 11 is 0.